The summed E-state index contributed by atoms with van der Waals surface area (Å²) in [5.74, 6) is 0.339. The first-order valence-corrected chi connectivity index (χ1v) is 9.80. The van der Waals surface area contributed by atoms with Gasteiger partial charge in [-0.2, -0.15) is 0 Å². The molecule has 0 saturated heterocycles. The first-order chi connectivity index (χ1) is 13.3. The van der Waals surface area contributed by atoms with E-state index in [9.17, 15) is 4.79 Å². The van der Waals surface area contributed by atoms with E-state index < -0.39 is 5.91 Å². The highest BCUT2D eigenvalue weighted by Crippen LogP contribution is 2.22. The molecule has 1 amide bonds. The van der Waals surface area contributed by atoms with Crippen molar-refractivity contribution in [1.29, 1.82) is 0 Å². The zero-order chi connectivity index (χ0) is 20.6. The Hall–Kier alpha value is -2.09. The minimum atomic E-state index is -0.423. The molecule has 0 heterocycles. The van der Waals surface area contributed by atoms with Crippen molar-refractivity contribution in [3.8, 4) is 0 Å². The quantitative estimate of drug-likeness (QED) is 0.301. The predicted molar refractivity (Wildman–Crippen MR) is 132 cm³/mol. The van der Waals surface area contributed by atoms with Crippen molar-refractivity contribution < 1.29 is 4.79 Å². The number of aliphatic imine (C=N–C) groups is 1. The molecule has 0 aliphatic carbocycles. The summed E-state index contributed by atoms with van der Waals surface area (Å²) in [6, 6.07) is 16.1. The number of hydrogen-bond acceptors (Lipinski definition) is 2. The van der Waals surface area contributed by atoms with Gasteiger partial charge < -0.3 is 16.4 Å². The SMILES string of the molecule is CCNC(=NCc1cccc(C(N)=O)c1)NCCc1ccc(C(C)(C)C)cc1.I. The highest BCUT2D eigenvalue weighted by atomic mass is 127. The maximum Gasteiger partial charge on any atom is 0.248 e. The van der Waals surface area contributed by atoms with Gasteiger partial charge in [-0.3, -0.25) is 4.79 Å². The predicted octanol–water partition coefficient (Wildman–Crippen LogP) is 4.00. The number of hydrogen-bond donors (Lipinski definition) is 3. The van der Waals surface area contributed by atoms with Crippen LogP contribution in [0.4, 0.5) is 0 Å². The second-order valence-electron chi connectivity index (χ2n) is 7.88. The Morgan fingerprint density at radius 3 is 2.31 bits per heavy atom. The molecule has 0 aliphatic rings. The maximum atomic E-state index is 11.3. The number of nitrogens with one attached hydrogen (secondary N) is 2. The number of nitrogens with two attached hydrogens (primary N) is 1. The zero-order valence-electron chi connectivity index (χ0n) is 17.8. The van der Waals surface area contributed by atoms with Crippen LogP contribution in [0.5, 0.6) is 0 Å². The minimum absolute atomic E-state index is 0. The summed E-state index contributed by atoms with van der Waals surface area (Å²) in [7, 11) is 0. The van der Waals surface area contributed by atoms with Crippen LogP contribution >= 0.6 is 24.0 Å². The lowest BCUT2D eigenvalue weighted by Gasteiger charge is -2.19. The van der Waals surface area contributed by atoms with Crippen molar-refractivity contribution in [1.82, 2.24) is 10.6 Å². The van der Waals surface area contributed by atoms with Gasteiger partial charge in [0.15, 0.2) is 5.96 Å². The van der Waals surface area contributed by atoms with E-state index in [4.69, 9.17) is 5.73 Å². The van der Waals surface area contributed by atoms with Crippen LogP contribution in [0.3, 0.4) is 0 Å². The molecular formula is C23H33IN4O. The van der Waals surface area contributed by atoms with E-state index in [1.54, 1.807) is 12.1 Å². The Bertz CT molecular complexity index is 810. The molecule has 0 saturated carbocycles. The number of benzene rings is 2. The van der Waals surface area contributed by atoms with E-state index in [0.717, 1.165) is 31.0 Å². The lowest BCUT2D eigenvalue weighted by molar-refractivity contribution is 0.1000. The third kappa shape index (κ3) is 8.43. The number of halogens is 1. The Labute approximate surface area is 191 Å². The third-order valence-electron chi connectivity index (χ3n) is 4.50. The molecule has 29 heavy (non-hydrogen) atoms. The van der Waals surface area contributed by atoms with Gasteiger partial charge in [-0.25, -0.2) is 4.99 Å². The monoisotopic (exact) mass is 508 g/mol. The lowest BCUT2D eigenvalue weighted by atomic mass is 9.86. The number of guanidine groups is 1. The van der Waals surface area contributed by atoms with Gasteiger partial charge in [0.05, 0.1) is 6.54 Å². The Kier molecular flexibility index (Phi) is 10.2. The molecule has 0 atom stereocenters. The number of nitrogens with zero attached hydrogens (tertiary/aromatic N) is 1. The third-order valence-corrected chi connectivity index (χ3v) is 4.50. The summed E-state index contributed by atoms with van der Waals surface area (Å²) in [5, 5.41) is 6.62. The summed E-state index contributed by atoms with van der Waals surface area (Å²) in [6.07, 6.45) is 0.923. The Morgan fingerprint density at radius 1 is 1.03 bits per heavy atom. The van der Waals surface area contributed by atoms with Gasteiger partial charge in [0.2, 0.25) is 5.91 Å². The van der Waals surface area contributed by atoms with Crippen LogP contribution in [0.15, 0.2) is 53.5 Å². The molecule has 0 spiro atoms. The van der Waals surface area contributed by atoms with E-state index in [2.05, 4.69) is 60.7 Å². The molecule has 6 heteroatoms. The summed E-state index contributed by atoms with van der Waals surface area (Å²) in [5.41, 5.74) is 9.61. The lowest BCUT2D eigenvalue weighted by Crippen LogP contribution is -2.38. The van der Waals surface area contributed by atoms with Crippen molar-refractivity contribution in [2.45, 2.75) is 46.1 Å². The Balaban J connectivity index is 0.00000420. The molecule has 5 nitrogen and oxygen atoms in total. The largest absolute Gasteiger partial charge is 0.366 e. The van der Waals surface area contributed by atoms with Crippen LogP contribution in [0.25, 0.3) is 0 Å². The topological polar surface area (TPSA) is 79.5 Å². The van der Waals surface area contributed by atoms with Gasteiger partial charge in [0.25, 0.3) is 0 Å². The molecule has 2 rings (SSSR count). The molecule has 0 radical (unpaired) electrons. The molecule has 2 aromatic carbocycles. The van der Waals surface area contributed by atoms with Crippen molar-refractivity contribution in [2.24, 2.45) is 10.7 Å². The average Bonchev–Trinajstić information content (AvgIpc) is 2.66. The summed E-state index contributed by atoms with van der Waals surface area (Å²) in [4.78, 5) is 15.9. The fraction of sp³-hybridized carbons (Fsp3) is 0.391. The van der Waals surface area contributed by atoms with Crippen LogP contribution in [0.2, 0.25) is 0 Å². The van der Waals surface area contributed by atoms with Gasteiger partial charge in [0.1, 0.15) is 0 Å². The molecule has 0 fully saturated rings. The molecule has 0 aromatic heterocycles. The summed E-state index contributed by atoms with van der Waals surface area (Å²) < 4.78 is 0. The molecule has 0 bridgehead atoms. The highest BCUT2D eigenvalue weighted by Gasteiger charge is 2.12. The number of primary amides is 1. The number of carbonyl (C=O) groups is 1. The van der Waals surface area contributed by atoms with Gasteiger partial charge in [0, 0.05) is 18.7 Å². The average molecular weight is 508 g/mol. The molecular weight excluding hydrogens is 475 g/mol. The van der Waals surface area contributed by atoms with E-state index in [-0.39, 0.29) is 29.4 Å². The standard InChI is InChI=1S/C23H32N4O.HI/c1-5-25-22(27-16-18-7-6-8-19(15-18)21(24)28)26-14-13-17-9-11-20(12-10-17)23(2,3)4;/h6-12,15H,5,13-14,16H2,1-4H3,(H2,24,28)(H2,25,26,27);1H. The number of rotatable bonds is 7. The van der Waals surface area contributed by atoms with Gasteiger partial charge in [-0.05, 0) is 47.6 Å². The summed E-state index contributed by atoms with van der Waals surface area (Å²) in [6.45, 7) is 10.8. The smallest absolute Gasteiger partial charge is 0.248 e. The van der Waals surface area contributed by atoms with Crippen molar-refractivity contribution in [3.63, 3.8) is 0 Å². The van der Waals surface area contributed by atoms with Crippen molar-refractivity contribution >= 4 is 35.8 Å². The summed E-state index contributed by atoms with van der Waals surface area (Å²) >= 11 is 0. The Morgan fingerprint density at radius 2 is 1.72 bits per heavy atom. The van der Waals surface area contributed by atoms with E-state index in [1.807, 2.05) is 19.1 Å². The van der Waals surface area contributed by atoms with Crippen LogP contribution in [0, 0.1) is 0 Å². The van der Waals surface area contributed by atoms with Gasteiger partial charge in [-0.1, -0.05) is 57.2 Å². The maximum absolute atomic E-state index is 11.3. The van der Waals surface area contributed by atoms with Crippen molar-refractivity contribution in [2.75, 3.05) is 13.1 Å². The molecule has 0 aliphatic heterocycles. The number of amides is 1. The highest BCUT2D eigenvalue weighted by molar-refractivity contribution is 14.0. The first kappa shape index (κ1) is 24.9. The van der Waals surface area contributed by atoms with Crippen LogP contribution < -0.4 is 16.4 Å². The fourth-order valence-electron chi connectivity index (χ4n) is 2.83. The fourth-order valence-corrected chi connectivity index (χ4v) is 2.83. The molecule has 158 valence electrons. The second kappa shape index (κ2) is 11.8. The second-order valence-corrected chi connectivity index (χ2v) is 7.88. The van der Waals surface area contributed by atoms with Crippen LogP contribution in [0.1, 0.15) is 54.7 Å². The molecule has 0 unspecified atom stereocenters. The normalized spacial score (nSPS) is 11.5. The molecule has 2 aromatic rings. The number of carbonyl (C=O) groups excluding carboxylic acids is 1. The molecule has 4 N–H and O–H groups in total. The minimum Gasteiger partial charge on any atom is -0.366 e. The zero-order valence-corrected chi connectivity index (χ0v) is 20.1. The van der Waals surface area contributed by atoms with E-state index in [1.165, 1.54) is 11.1 Å². The first-order valence-electron chi connectivity index (χ1n) is 9.80. The van der Waals surface area contributed by atoms with Crippen LogP contribution in [-0.4, -0.2) is 25.0 Å². The van der Waals surface area contributed by atoms with Crippen molar-refractivity contribution in [3.05, 3.63) is 70.8 Å². The van der Waals surface area contributed by atoms with Gasteiger partial charge >= 0.3 is 0 Å². The van der Waals surface area contributed by atoms with E-state index >= 15 is 0 Å². The van der Waals surface area contributed by atoms with E-state index in [0.29, 0.717) is 12.1 Å². The van der Waals surface area contributed by atoms with Crippen LogP contribution in [-0.2, 0) is 18.4 Å². The van der Waals surface area contributed by atoms with Gasteiger partial charge in [-0.15, -0.1) is 24.0 Å².